The number of nitrogens with zero attached hydrogens (tertiary/aromatic N) is 2. The molecule has 9 heteroatoms. The van der Waals surface area contributed by atoms with Crippen LogP contribution in [0, 0.1) is 0 Å². The van der Waals surface area contributed by atoms with Crippen molar-refractivity contribution < 1.29 is 21.6 Å². The van der Waals surface area contributed by atoms with Crippen molar-refractivity contribution in [3.63, 3.8) is 0 Å². The summed E-state index contributed by atoms with van der Waals surface area (Å²) in [6, 6.07) is 5.14. The first-order valence-electron chi connectivity index (χ1n) is 6.25. The molecule has 1 amide bonds. The molecule has 0 unspecified atom stereocenters. The smallest absolute Gasteiger partial charge is 0.243 e. The van der Waals surface area contributed by atoms with Crippen LogP contribution in [0.2, 0.25) is 0 Å². The number of carbonyl (C=O) groups excluding carboxylic acids is 1. The number of rotatable bonds is 4. The van der Waals surface area contributed by atoms with Gasteiger partial charge < -0.3 is 4.90 Å². The number of sulfone groups is 1. The van der Waals surface area contributed by atoms with Crippen LogP contribution >= 0.6 is 0 Å². The third kappa shape index (κ3) is 3.42. The molecule has 1 aliphatic rings. The SMILES string of the molecule is CS(=O)(=O)c1ccc(S(=O)(=O)N2CCN(C=O)CC2)cc1. The number of carbonyl (C=O) groups is 1. The summed E-state index contributed by atoms with van der Waals surface area (Å²) >= 11 is 0. The minimum atomic E-state index is -3.66. The van der Waals surface area contributed by atoms with Crippen molar-refractivity contribution in [3.05, 3.63) is 24.3 Å². The molecule has 1 fully saturated rings. The summed E-state index contributed by atoms with van der Waals surface area (Å²) in [5.41, 5.74) is 0. The van der Waals surface area contributed by atoms with Crippen LogP contribution in [0.3, 0.4) is 0 Å². The zero-order chi connectivity index (χ0) is 15.7. The van der Waals surface area contributed by atoms with Crippen LogP contribution in [0.4, 0.5) is 0 Å². The van der Waals surface area contributed by atoms with Gasteiger partial charge in [-0.3, -0.25) is 4.79 Å². The third-order valence-corrected chi connectivity index (χ3v) is 6.35. The van der Waals surface area contributed by atoms with E-state index in [0.29, 0.717) is 19.5 Å². The van der Waals surface area contributed by atoms with Crippen LogP contribution in [0.1, 0.15) is 0 Å². The van der Waals surface area contributed by atoms with Crippen molar-refractivity contribution in [2.24, 2.45) is 0 Å². The molecule has 0 bridgehead atoms. The maximum absolute atomic E-state index is 12.4. The molecular formula is C12H16N2O5S2. The van der Waals surface area contributed by atoms with Crippen molar-refractivity contribution in [2.45, 2.75) is 9.79 Å². The molecule has 21 heavy (non-hydrogen) atoms. The highest BCUT2D eigenvalue weighted by molar-refractivity contribution is 7.90. The van der Waals surface area contributed by atoms with Gasteiger partial charge in [-0.15, -0.1) is 0 Å². The summed E-state index contributed by atoms with van der Waals surface area (Å²) in [4.78, 5) is 12.3. The molecule has 1 aliphatic heterocycles. The van der Waals surface area contributed by atoms with Gasteiger partial charge in [0.2, 0.25) is 16.4 Å². The van der Waals surface area contributed by atoms with E-state index in [0.717, 1.165) is 6.26 Å². The second-order valence-electron chi connectivity index (χ2n) is 4.79. The first kappa shape index (κ1) is 15.9. The van der Waals surface area contributed by atoms with Gasteiger partial charge in [0, 0.05) is 32.4 Å². The van der Waals surface area contributed by atoms with Gasteiger partial charge in [-0.25, -0.2) is 16.8 Å². The summed E-state index contributed by atoms with van der Waals surface area (Å²) < 4.78 is 48.9. The maximum Gasteiger partial charge on any atom is 0.243 e. The number of hydrogen-bond donors (Lipinski definition) is 0. The molecule has 0 saturated carbocycles. The minimum Gasteiger partial charge on any atom is -0.343 e. The Labute approximate surface area is 124 Å². The largest absolute Gasteiger partial charge is 0.343 e. The average Bonchev–Trinajstić information content (AvgIpc) is 2.46. The molecule has 116 valence electrons. The summed E-state index contributed by atoms with van der Waals surface area (Å²) in [7, 11) is -7.01. The van der Waals surface area contributed by atoms with E-state index in [-0.39, 0.29) is 22.9 Å². The Bertz CT molecular complexity index is 717. The number of amides is 1. The van der Waals surface area contributed by atoms with E-state index in [1.54, 1.807) is 0 Å². The molecule has 7 nitrogen and oxygen atoms in total. The van der Waals surface area contributed by atoms with Gasteiger partial charge in [-0.1, -0.05) is 0 Å². The van der Waals surface area contributed by atoms with Crippen LogP contribution in [-0.4, -0.2) is 64.9 Å². The predicted octanol–water partition coefficient (Wildman–Crippen LogP) is -0.447. The van der Waals surface area contributed by atoms with Crippen molar-refractivity contribution in [2.75, 3.05) is 32.4 Å². The molecule has 2 rings (SSSR count). The first-order valence-corrected chi connectivity index (χ1v) is 9.58. The lowest BCUT2D eigenvalue weighted by Gasteiger charge is -2.31. The van der Waals surface area contributed by atoms with E-state index < -0.39 is 19.9 Å². The Hall–Kier alpha value is -1.45. The highest BCUT2D eigenvalue weighted by Crippen LogP contribution is 2.19. The van der Waals surface area contributed by atoms with Gasteiger partial charge >= 0.3 is 0 Å². The van der Waals surface area contributed by atoms with Gasteiger partial charge in [-0.2, -0.15) is 4.31 Å². The second-order valence-corrected chi connectivity index (χ2v) is 8.74. The summed E-state index contributed by atoms with van der Waals surface area (Å²) in [6.07, 6.45) is 1.76. The molecule has 1 heterocycles. The van der Waals surface area contributed by atoms with Crippen LogP contribution in [0.5, 0.6) is 0 Å². The molecule has 1 aromatic carbocycles. The van der Waals surface area contributed by atoms with E-state index in [1.807, 2.05) is 0 Å². The number of sulfonamides is 1. The fourth-order valence-electron chi connectivity index (χ4n) is 2.06. The molecule has 0 aromatic heterocycles. The molecular weight excluding hydrogens is 316 g/mol. The van der Waals surface area contributed by atoms with E-state index in [4.69, 9.17) is 0 Å². The van der Waals surface area contributed by atoms with Gasteiger partial charge in [-0.05, 0) is 24.3 Å². The van der Waals surface area contributed by atoms with Crippen molar-refractivity contribution in [1.29, 1.82) is 0 Å². The Morgan fingerprint density at radius 3 is 1.81 bits per heavy atom. The highest BCUT2D eigenvalue weighted by Gasteiger charge is 2.28. The van der Waals surface area contributed by atoms with Crippen molar-refractivity contribution in [1.82, 2.24) is 9.21 Å². The van der Waals surface area contributed by atoms with Crippen molar-refractivity contribution >= 4 is 26.3 Å². The Morgan fingerprint density at radius 1 is 0.905 bits per heavy atom. The fourth-order valence-corrected chi connectivity index (χ4v) is 4.11. The molecule has 0 spiro atoms. The van der Waals surface area contributed by atoms with Gasteiger partial charge in [0.05, 0.1) is 9.79 Å². The average molecular weight is 332 g/mol. The zero-order valence-corrected chi connectivity index (χ0v) is 13.1. The number of hydrogen-bond acceptors (Lipinski definition) is 5. The minimum absolute atomic E-state index is 0.0504. The quantitative estimate of drug-likeness (QED) is 0.697. The lowest BCUT2D eigenvalue weighted by Crippen LogP contribution is -2.47. The lowest BCUT2D eigenvalue weighted by molar-refractivity contribution is -0.119. The normalized spacial score (nSPS) is 17.7. The zero-order valence-electron chi connectivity index (χ0n) is 11.5. The first-order chi connectivity index (χ1) is 9.75. The van der Waals surface area contributed by atoms with Crippen molar-refractivity contribution in [3.8, 4) is 0 Å². The lowest BCUT2D eigenvalue weighted by atomic mass is 10.4. The molecule has 0 aliphatic carbocycles. The van der Waals surface area contributed by atoms with Crippen LogP contribution in [0.15, 0.2) is 34.1 Å². The topological polar surface area (TPSA) is 91.8 Å². The van der Waals surface area contributed by atoms with E-state index >= 15 is 0 Å². The van der Waals surface area contributed by atoms with Crippen LogP contribution in [0.25, 0.3) is 0 Å². The predicted molar refractivity (Wildman–Crippen MR) is 75.9 cm³/mol. The Balaban J connectivity index is 2.22. The van der Waals surface area contributed by atoms with E-state index in [9.17, 15) is 21.6 Å². The third-order valence-electron chi connectivity index (χ3n) is 3.31. The maximum atomic E-state index is 12.4. The monoisotopic (exact) mass is 332 g/mol. The molecule has 0 radical (unpaired) electrons. The summed E-state index contributed by atoms with van der Waals surface area (Å²) in [5, 5.41) is 0. The highest BCUT2D eigenvalue weighted by atomic mass is 32.2. The fraction of sp³-hybridized carbons (Fsp3) is 0.417. The van der Waals surface area contributed by atoms with Gasteiger partial charge in [0.1, 0.15) is 0 Å². The molecule has 1 aromatic rings. The van der Waals surface area contributed by atoms with E-state index in [1.165, 1.54) is 33.5 Å². The Kier molecular flexibility index (Phi) is 4.35. The number of piperazine rings is 1. The van der Waals surface area contributed by atoms with Crippen LogP contribution < -0.4 is 0 Å². The number of benzene rings is 1. The molecule has 1 saturated heterocycles. The second kappa shape index (κ2) is 5.74. The standard InChI is InChI=1S/C12H16N2O5S2/c1-20(16,17)11-2-4-12(5-3-11)21(18,19)14-8-6-13(10-15)7-9-14/h2-5,10H,6-9H2,1H3. The summed E-state index contributed by atoms with van der Waals surface area (Å²) in [5.74, 6) is 0. The van der Waals surface area contributed by atoms with E-state index in [2.05, 4.69) is 0 Å². The molecule has 0 N–H and O–H groups in total. The van der Waals surface area contributed by atoms with Crippen LogP contribution in [-0.2, 0) is 24.7 Å². The van der Waals surface area contributed by atoms with Gasteiger partial charge in [0.25, 0.3) is 0 Å². The Morgan fingerprint density at radius 2 is 1.38 bits per heavy atom. The van der Waals surface area contributed by atoms with Gasteiger partial charge in [0.15, 0.2) is 9.84 Å². The summed E-state index contributed by atoms with van der Waals surface area (Å²) in [6.45, 7) is 1.16. The molecule has 0 atom stereocenters.